The average molecular weight is 257 g/mol. The Morgan fingerprint density at radius 2 is 1.89 bits per heavy atom. The van der Waals surface area contributed by atoms with Crippen LogP contribution in [0.2, 0.25) is 0 Å². The third-order valence-corrected chi connectivity index (χ3v) is 3.57. The maximum atomic E-state index is 5.59. The van der Waals surface area contributed by atoms with Crippen molar-refractivity contribution in [2.45, 2.75) is 40.2 Å². The Morgan fingerprint density at radius 3 is 2.58 bits per heavy atom. The molecule has 1 atom stereocenters. The van der Waals surface area contributed by atoms with E-state index in [1.165, 1.54) is 22.3 Å². The van der Waals surface area contributed by atoms with Gasteiger partial charge in [-0.1, -0.05) is 37.6 Å². The van der Waals surface area contributed by atoms with Gasteiger partial charge in [0.15, 0.2) is 0 Å². The molecule has 0 saturated heterocycles. The fourth-order valence-electron chi connectivity index (χ4n) is 2.56. The summed E-state index contributed by atoms with van der Waals surface area (Å²) in [5, 5.41) is 3.58. The van der Waals surface area contributed by atoms with Gasteiger partial charge in [-0.2, -0.15) is 0 Å². The van der Waals surface area contributed by atoms with E-state index < -0.39 is 0 Å². The minimum absolute atomic E-state index is 0.221. The molecule has 2 aromatic rings. The molecule has 0 saturated carbocycles. The summed E-state index contributed by atoms with van der Waals surface area (Å²) in [6.07, 6.45) is 2.72. The van der Waals surface area contributed by atoms with Crippen LogP contribution < -0.4 is 5.32 Å². The molecule has 0 fully saturated rings. The predicted molar refractivity (Wildman–Crippen MR) is 79.5 cm³/mol. The summed E-state index contributed by atoms with van der Waals surface area (Å²) in [6.45, 7) is 9.53. The van der Waals surface area contributed by atoms with Crippen LogP contribution in [0.5, 0.6) is 0 Å². The van der Waals surface area contributed by atoms with Crippen molar-refractivity contribution in [1.29, 1.82) is 0 Å². The van der Waals surface area contributed by atoms with Gasteiger partial charge in [0, 0.05) is 12.0 Å². The van der Waals surface area contributed by atoms with Gasteiger partial charge in [-0.25, -0.2) is 0 Å². The Morgan fingerprint density at radius 1 is 1.11 bits per heavy atom. The van der Waals surface area contributed by atoms with E-state index in [-0.39, 0.29) is 6.04 Å². The molecule has 0 aliphatic rings. The number of furan rings is 1. The van der Waals surface area contributed by atoms with Crippen molar-refractivity contribution in [3.63, 3.8) is 0 Å². The highest BCUT2D eigenvalue weighted by molar-refractivity contribution is 5.40. The zero-order valence-corrected chi connectivity index (χ0v) is 12.3. The van der Waals surface area contributed by atoms with Crippen molar-refractivity contribution >= 4 is 0 Å². The summed E-state index contributed by atoms with van der Waals surface area (Å²) in [6, 6.07) is 8.94. The summed E-state index contributed by atoms with van der Waals surface area (Å²) >= 11 is 0. The first kappa shape index (κ1) is 13.9. The van der Waals surface area contributed by atoms with Crippen molar-refractivity contribution in [2.75, 3.05) is 6.54 Å². The minimum atomic E-state index is 0.221. The van der Waals surface area contributed by atoms with Crippen LogP contribution in [-0.2, 0) is 6.42 Å². The Bertz CT molecular complexity index is 542. The molecule has 19 heavy (non-hydrogen) atoms. The van der Waals surface area contributed by atoms with Crippen molar-refractivity contribution in [1.82, 2.24) is 5.32 Å². The second-order valence-electron chi connectivity index (χ2n) is 5.00. The molecule has 1 aromatic carbocycles. The number of hydrogen-bond acceptors (Lipinski definition) is 2. The van der Waals surface area contributed by atoms with Crippen molar-refractivity contribution in [3.05, 3.63) is 58.5 Å². The minimum Gasteiger partial charge on any atom is -0.469 e. The van der Waals surface area contributed by atoms with E-state index in [1.54, 1.807) is 6.26 Å². The Kier molecular flexibility index (Phi) is 4.43. The molecule has 0 aliphatic carbocycles. The maximum absolute atomic E-state index is 5.59. The Hall–Kier alpha value is -1.54. The first-order valence-electron chi connectivity index (χ1n) is 7.04. The first-order chi connectivity index (χ1) is 9.17. The molecule has 2 heteroatoms. The number of aryl methyl sites for hydroxylation is 3. The lowest BCUT2D eigenvalue weighted by Gasteiger charge is -2.21. The van der Waals surface area contributed by atoms with E-state index >= 15 is 0 Å². The van der Waals surface area contributed by atoms with Gasteiger partial charge in [-0.15, -0.1) is 0 Å². The Labute approximate surface area is 115 Å². The van der Waals surface area contributed by atoms with Crippen LogP contribution in [0, 0.1) is 13.8 Å². The van der Waals surface area contributed by atoms with Crippen LogP contribution in [0.4, 0.5) is 0 Å². The average Bonchev–Trinajstić information content (AvgIpc) is 2.87. The Balaban J connectivity index is 2.48. The monoisotopic (exact) mass is 257 g/mol. The van der Waals surface area contributed by atoms with Gasteiger partial charge in [0.25, 0.3) is 0 Å². The molecule has 1 N–H and O–H groups in total. The molecule has 1 heterocycles. The third kappa shape index (κ3) is 2.90. The quantitative estimate of drug-likeness (QED) is 0.870. The SMILES string of the molecule is CCNC(c1cc(C)ccc1C)c1ccoc1CC. The zero-order chi connectivity index (χ0) is 13.8. The largest absolute Gasteiger partial charge is 0.469 e. The molecular formula is C17H23NO. The van der Waals surface area contributed by atoms with E-state index in [0.717, 1.165) is 18.7 Å². The lowest BCUT2D eigenvalue weighted by Crippen LogP contribution is -2.23. The molecule has 2 nitrogen and oxygen atoms in total. The summed E-state index contributed by atoms with van der Waals surface area (Å²) in [5.41, 5.74) is 5.22. The molecule has 0 amide bonds. The second-order valence-corrected chi connectivity index (χ2v) is 5.00. The van der Waals surface area contributed by atoms with Gasteiger partial charge in [-0.3, -0.25) is 0 Å². The molecular weight excluding hydrogens is 234 g/mol. The summed E-state index contributed by atoms with van der Waals surface area (Å²) < 4.78 is 5.59. The number of nitrogens with one attached hydrogen (secondary N) is 1. The van der Waals surface area contributed by atoms with Gasteiger partial charge in [-0.05, 0) is 37.6 Å². The molecule has 0 spiro atoms. The van der Waals surface area contributed by atoms with Crippen molar-refractivity contribution in [2.24, 2.45) is 0 Å². The van der Waals surface area contributed by atoms with Gasteiger partial charge < -0.3 is 9.73 Å². The molecule has 1 unspecified atom stereocenters. The molecule has 0 bridgehead atoms. The van der Waals surface area contributed by atoms with Crippen molar-refractivity contribution in [3.8, 4) is 0 Å². The predicted octanol–water partition coefficient (Wildman–Crippen LogP) is 4.16. The van der Waals surface area contributed by atoms with Crippen LogP contribution in [-0.4, -0.2) is 6.54 Å². The molecule has 102 valence electrons. The van der Waals surface area contributed by atoms with Crippen LogP contribution >= 0.6 is 0 Å². The van der Waals surface area contributed by atoms with Gasteiger partial charge in [0.2, 0.25) is 0 Å². The second kappa shape index (κ2) is 6.07. The normalized spacial score (nSPS) is 12.6. The molecule has 0 aliphatic heterocycles. The fourth-order valence-corrected chi connectivity index (χ4v) is 2.56. The first-order valence-corrected chi connectivity index (χ1v) is 7.04. The smallest absolute Gasteiger partial charge is 0.108 e. The molecule has 0 radical (unpaired) electrons. The molecule has 2 rings (SSSR count). The lowest BCUT2D eigenvalue weighted by molar-refractivity contribution is 0.502. The van der Waals surface area contributed by atoms with E-state index in [2.05, 4.69) is 57.3 Å². The highest BCUT2D eigenvalue weighted by atomic mass is 16.3. The highest BCUT2D eigenvalue weighted by Gasteiger charge is 2.19. The van der Waals surface area contributed by atoms with Gasteiger partial charge in [0.1, 0.15) is 5.76 Å². The van der Waals surface area contributed by atoms with E-state index in [4.69, 9.17) is 4.42 Å². The highest BCUT2D eigenvalue weighted by Crippen LogP contribution is 2.29. The summed E-state index contributed by atoms with van der Waals surface area (Å²) in [4.78, 5) is 0. The van der Waals surface area contributed by atoms with E-state index in [0.29, 0.717) is 0 Å². The fraction of sp³-hybridized carbons (Fsp3) is 0.412. The number of benzene rings is 1. The summed E-state index contributed by atoms with van der Waals surface area (Å²) in [5.74, 6) is 1.08. The van der Waals surface area contributed by atoms with Crippen LogP contribution in [0.3, 0.4) is 0 Å². The topological polar surface area (TPSA) is 25.2 Å². The lowest BCUT2D eigenvalue weighted by atomic mass is 9.93. The van der Waals surface area contributed by atoms with Crippen LogP contribution in [0.25, 0.3) is 0 Å². The summed E-state index contributed by atoms with van der Waals surface area (Å²) in [7, 11) is 0. The number of rotatable bonds is 5. The third-order valence-electron chi connectivity index (χ3n) is 3.57. The van der Waals surface area contributed by atoms with E-state index in [9.17, 15) is 0 Å². The zero-order valence-electron chi connectivity index (χ0n) is 12.3. The molecule has 1 aromatic heterocycles. The van der Waals surface area contributed by atoms with Crippen LogP contribution in [0.15, 0.2) is 34.9 Å². The standard InChI is InChI=1S/C17H23NO/c1-5-16-14(9-10-19-16)17(18-6-2)15-11-12(3)7-8-13(15)4/h7-11,17-18H,5-6H2,1-4H3. The van der Waals surface area contributed by atoms with Gasteiger partial charge in [0.05, 0.1) is 12.3 Å². The van der Waals surface area contributed by atoms with Gasteiger partial charge >= 0.3 is 0 Å². The van der Waals surface area contributed by atoms with Crippen LogP contribution in [0.1, 0.15) is 47.9 Å². The van der Waals surface area contributed by atoms with Crippen molar-refractivity contribution < 1.29 is 4.42 Å². The number of hydrogen-bond donors (Lipinski definition) is 1. The maximum Gasteiger partial charge on any atom is 0.108 e. The van der Waals surface area contributed by atoms with E-state index in [1.807, 2.05) is 0 Å².